The van der Waals surface area contributed by atoms with Crippen molar-refractivity contribution in [3.05, 3.63) is 0 Å². The molecule has 1 aliphatic heterocycles. The maximum absolute atomic E-state index is 10.7. The number of carbonyl (C=O) groups is 1. The van der Waals surface area contributed by atoms with Gasteiger partial charge < -0.3 is 5.32 Å². The first-order valence-electron chi connectivity index (χ1n) is 4.06. The van der Waals surface area contributed by atoms with E-state index < -0.39 is 0 Å². The lowest BCUT2D eigenvalue weighted by Crippen LogP contribution is -2.42. The van der Waals surface area contributed by atoms with Gasteiger partial charge in [0, 0.05) is 0 Å². The highest BCUT2D eigenvalue weighted by atomic mass is 35.5. The Hall–Kier alpha value is -0.350. The topological polar surface area (TPSA) is 53.8 Å². The molecule has 0 aromatic carbocycles. The molecule has 1 saturated carbocycles. The van der Waals surface area contributed by atoms with Crippen molar-refractivity contribution in [3.8, 4) is 0 Å². The molecule has 2 amide bonds. The van der Waals surface area contributed by atoms with Crippen molar-refractivity contribution in [3.63, 3.8) is 0 Å². The molecule has 13 heavy (non-hydrogen) atoms. The molecule has 1 aliphatic carbocycles. The van der Waals surface area contributed by atoms with Gasteiger partial charge in [-0.3, -0.25) is 0 Å². The summed E-state index contributed by atoms with van der Waals surface area (Å²) in [6, 6.07) is -0.271. The number of azo groups is 1. The van der Waals surface area contributed by atoms with Crippen molar-refractivity contribution in [2.45, 2.75) is 37.8 Å². The van der Waals surface area contributed by atoms with Gasteiger partial charge >= 0.3 is 6.03 Å². The Labute approximate surface area is 89.4 Å². The Morgan fingerprint density at radius 1 is 1.15 bits per heavy atom. The van der Waals surface area contributed by atoms with Crippen LogP contribution in [0.5, 0.6) is 0 Å². The second-order valence-corrected chi connectivity index (χ2v) is 3.22. The SMILES string of the molecule is Cl.Cl.O=C1N=NC2(CCCCC2)N1. The quantitative estimate of drug-likeness (QED) is 0.678. The number of urea groups is 1. The summed E-state index contributed by atoms with van der Waals surface area (Å²) < 4.78 is 0. The van der Waals surface area contributed by atoms with E-state index in [1.54, 1.807) is 0 Å². The normalized spacial score (nSPS) is 23.2. The van der Waals surface area contributed by atoms with Crippen LogP contribution in [0.2, 0.25) is 0 Å². The van der Waals surface area contributed by atoms with E-state index in [4.69, 9.17) is 0 Å². The maximum Gasteiger partial charge on any atom is 0.361 e. The van der Waals surface area contributed by atoms with Gasteiger partial charge in [-0.25, -0.2) is 4.79 Å². The zero-order valence-electron chi connectivity index (χ0n) is 7.15. The van der Waals surface area contributed by atoms with Gasteiger partial charge in [0.05, 0.1) is 0 Å². The van der Waals surface area contributed by atoms with Crippen molar-refractivity contribution in [2.75, 3.05) is 0 Å². The van der Waals surface area contributed by atoms with Crippen LogP contribution in [-0.4, -0.2) is 11.7 Å². The fourth-order valence-electron chi connectivity index (χ4n) is 1.75. The van der Waals surface area contributed by atoms with E-state index in [0.717, 1.165) is 25.7 Å². The fourth-order valence-corrected chi connectivity index (χ4v) is 1.75. The smallest absolute Gasteiger partial charge is 0.309 e. The van der Waals surface area contributed by atoms with Gasteiger partial charge in [0.15, 0.2) is 5.66 Å². The predicted octanol–water partition coefficient (Wildman–Crippen LogP) is 2.67. The third kappa shape index (κ3) is 2.54. The van der Waals surface area contributed by atoms with Crippen LogP contribution in [0.3, 0.4) is 0 Å². The zero-order valence-corrected chi connectivity index (χ0v) is 8.79. The summed E-state index contributed by atoms with van der Waals surface area (Å²) in [4.78, 5) is 10.7. The molecule has 76 valence electrons. The van der Waals surface area contributed by atoms with Crippen LogP contribution in [0.4, 0.5) is 4.79 Å². The molecule has 0 saturated heterocycles. The van der Waals surface area contributed by atoms with Crippen molar-refractivity contribution in [1.29, 1.82) is 0 Å². The lowest BCUT2D eigenvalue weighted by molar-refractivity contribution is 0.230. The minimum absolute atomic E-state index is 0. The van der Waals surface area contributed by atoms with Crippen LogP contribution in [0.1, 0.15) is 32.1 Å². The average molecular weight is 226 g/mol. The molecule has 0 atom stereocenters. The van der Waals surface area contributed by atoms with Gasteiger partial charge in [0.1, 0.15) is 0 Å². The summed E-state index contributed by atoms with van der Waals surface area (Å²) in [7, 11) is 0. The molecule has 1 heterocycles. The number of nitrogens with one attached hydrogen (secondary N) is 1. The van der Waals surface area contributed by atoms with E-state index in [1.165, 1.54) is 6.42 Å². The van der Waals surface area contributed by atoms with Gasteiger partial charge in [-0.15, -0.1) is 24.8 Å². The molecule has 2 rings (SSSR count). The number of hydrogen-bond donors (Lipinski definition) is 1. The summed E-state index contributed by atoms with van der Waals surface area (Å²) in [6.07, 6.45) is 5.48. The molecule has 0 unspecified atom stereocenters. The van der Waals surface area contributed by atoms with Crippen LogP contribution in [0.15, 0.2) is 10.2 Å². The third-order valence-corrected chi connectivity index (χ3v) is 2.35. The largest absolute Gasteiger partial charge is 0.361 e. The first kappa shape index (κ1) is 12.7. The Kier molecular flexibility index (Phi) is 4.64. The molecular weight excluding hydrogens is 213 g/mol. The summed E-state index contributed by atoms with van der Waals surface area (Å²) in [5.74, 6) is 0. The highest BCUT2D eigenvalue weighted by Crippen LogP contribution is 2.31. The van der Waals surface area contributed by atoms with Crippen LogP contribution in [-0.2, 0) is 0 Å². The summed E-state index contributed by atoms with van der Waals surface area (Å²) in [5, 5.41) is 10.3. The summed E-state index contributed by atoms with van der Waals surface area (Å²) >= 11 is 0. The van der Waals surface area contributed by atoms with Gasteiger partial charge in [-0.1, -0.05) is 11.5 Å². The van der Waals surface area contributed by atoms with Crippen LogP contribution in [0, 0.1) is 0 Å². The van der Waals surface area contributed by atoms with Crippen molar-refractivity contribution >= 4 is 30.8 Å². The Morgan fingerprint density at radius 3 is 2.23 bits per heavy atom. The Morgan fingerprint density at radius 2 is 1.77 bits per heavy atom. The molecular formula is C7H13Cl2N3O. The first-order chi connectivity index (χ1) is 5.31. The Bertz CT molecular complexity index is 214. The fraction of sp³-hybridized carbons (Fsp3) is 0.857. The molecule has 2 aliphatic rings. The number of rotatable bonds is 0. The van der Waals surface area contributed by atoms with E-state index >= 15 is 0 Å². The average Bonchev–Trinajstić information content (AvgIpc) is 2.34. The number of amides is 2. The van der Waals surface area contributed by atoms with Crippen LogP contribution >= 0.6 is 24.8 Å². The number of carbonyl (C=O) groups excluding carboxylic acids is 1. The minimum Gasteiger partial charge on any atom is -0.309 e. The van der Waals surface area contributed by atoms with Crippen molar-refractivity contribution < 1.29 is 4.79 Å². The molecule has 1 spiro atoms. The Balaban J connectivity index is 0.000000720. The second-order valence-electron chi connectivity index (χ2n) is 3.22. The van der Waals surface area contributed by atoms with Crippen LogP contribution in [0.25, 0.3) is 0 Å². The van der Waals surface area contributed by atoms with E-state index in [1.807, 2.05) is 0 Å². The van der Waals surface area contributed by atoms with Gasteiger partial charge in [0.2, 0.25) is 0 Å². The van der Waals surface area contributed by atoms with Crippen molar-refractivity contribution in [2.24, 2.45) is 10.2 Å². The van der Waals surface area contributed by atoms with E-state index in [-0.39, 0.29) is 36.5 Å². The van der Waals surface area contributed by atoms with E-state index in [0.29, 0.717) is 0 Å². The summed E-state index contributed by atoms with van der Waals surface area (Å²) in [6.45, 7) is 0. The highest BCUT2D eigenvalue weighted by molar-refractivity contribution is 5.85. The third-order valence-electron chi connectivity index (χ3n) is 2.35. The molecule has 1 N–H and O–H groups in total. The predicted molar refractivity (Wildman–Crippen MR) is 53.7 cm³/mol. The van der Waals surface area contributed by atoms with Crippen molar-refractivity contribution in [1.82, 2.24) is 5.32 Å². The monoisotopic (exact) mass is 225 g/mol. The van der Waals surface area contributed by atoms with E-state index in [2.05, 4.69) is 15.5 Å². The maximum atomic E-state index is 10.7. The van der Waals surface area contributed by atoms with E-state index in [9.17, 15) is 4.79 Å². The molecule has 0 aromatic rings. The summed E-state index contributed by atoms with van der Waals surface area (Å²) in [5.41, 5.74) is -0.296. The zero-order chi connectivity index (χ0) is 7.73. The van der Waals surface area contributed by atoms with Gasteiger partial charge in [-0.2, -0.15) is 5.11 Å². The number of hydrogen-bond acceptors (Lipinski definition) is 2. The minimum atomic E-state index is -0.296. The highest BCUT2D eigenvalue weighted by Gasteiger charge is 2.37. The molecule has 0 radical (unpaired) electrons. The lowest BCUT2D eigenvalue weighted by Gasteiger charge is -2.28. The van der Waals surface area contributed by atoms with Crippen LogP contribution < -0.4 is 5.32 Å². The standard InChI is InChI=1S/C7H11N3O.2ClH/c11-6-8-7(10-9-6)4-2-1-3-5-7;;/h1-5H2,(H,8,11);2*1H. The molecule has 6 heteroatoms. The number of nitrogens with zero attached hydrogens (tertiary/aromatic N) is 2. The first-order valence-corrected chi connectivity index (χ1v) is 4.06. The van der Waals surface area contributed by atoms with Gasteiger partial charge in [-0.05, 0) is 25.7 Å². The van der Waals surface area contributed by atoms with Gasteiger partial charge in [0.25, 0.3) is 0 Å². The lowest BCUT2D eigenvalue weighted by atomic mass is 9.90. The molecule has 0 bridgehead atoms. The molecule has 0 aromatic heterocycles. The number of halogens is 2. The molecule has 4 nitrogen and oxygen atoms in total. The second kappa shape index (κ2) is 4.77. The molecule has 1 fully saturated rings.